The predicted molar refractivity (Wildman–Crippen MR) is 60.4 cm³/mol. The van der Waals surface area contributed by atoms with Crippen LogP contribution < -0.4 is 5.32 Å². The molecule has 1 atom stereocenters. The maximum absolute atomic E-state index is 4.25. The quantitative estimate of drug-likeness (QED) is 0.789. The van der Waals surface area contributed by atoms with Crippen molar-refractivity contribution in [2.45, 2.75) is 39.2 Å². The fourth-order valence-electron chi connectivity index (χ4n) is 1.50. The van der Waals surface area contributed by atoms with E-state index in [9.17, 15) is 0 Å². The summed E-state index contributed by atoms with van der Waals surface area (Å²) in [5, 5.41) is 3.28. The Kier molecular flexibility index (Phi) is 5.04. The Bertz CT molecular complexity index is 234. The lowest BCUT2D eigenvalue weighted by atomic mass is 10.0. The molecule has 1 unspecified atom stereocenters. The molecule has 1 aromatic heterocycles. The van der Waals surface area contributed by atoms with Gasteiger partial charge in [0.2, 0.25) is 0 Å². The van der Waals surface area contributed by atoms with Crippen molar-refractivity contribution >= 4 is 11.7 Å². The second-order valence-electron chi connectivity index (χ2n) is 4.00. The summed E-state index contributed by atoms with van der Waals surface area (Å²) >= 11 is 1.28. The molecular formula is C10H19N3S. The average molecular weight is 213 g/mol. The molecule has 0 fully saturated rings. The maximum atomic E-state index is 4.25. The molecule has 14 heavy (non-hydrogen) atoms. The van der Waals surface area contributed by atoms with Crippen LogP contribution in [-0.4, -0.2) is 15.8 Å². The van der Waals surface area contributed by atoms with Crippen molar-refractivity contribution in [1.82, 2.24) is 14.1 Å². The number of nitrogens with one attached hydrogen (secondary N) is 1. The van der Waals surface area contributed by atoms with Gasteiger partial charge in [0.15, 0.2) is 0 Å². The molecule has 1 heterocycles. The van der Waals surface area contributed by atoms with Crippen LogP contribution in [0.15, 0.2) is 6.20 Å². The summed E-state index contributed by atoms with van der Waals surface area (Å²) in [7, 11) is 1.99. The van der Waals surface area contributed by atoms with Gasteiger partial charge in [0.05, 0.1) is 29.7 Å². The van der Waals surface area contributed by atoms with Crippen molar-refractivity contribution in [3.63, 3.8) is 0 Å². The van der Waals surface area contributed by atoms with Gasteiger partial charge in [0.25, 0.3) is 0 Å². The van der Waals surface area contributed by atoms with Gasteiger partial charge in [0, 0.05) is 0 Å². The molecule has 0 bridgehead atoms. The van der Waals surface area contributed by atoms with Gasteiger partial charge in [-0.15, -0.1) is 0 Å². The summed E-state index contributed by atoms with van der Waals surface area (Å²) < 4.78 is 8.28. The third-order valence-electron chi connectivity index (χ3n) is 2.36. The van der Waals surface area contributed by atoms with E-state index in [-0.39, 0.29) is 0 Å². The van der Waals surface area contributed by atoms with E-state index in [1.54, 1.807) is 0 Å². The van der Waals surface area contributed by atoms with Gasteiger partial charge in [-0.05, 0) is 19.4 Å². The first-order valence-electron chi connectivity index (χ1n) is 5.18. The first kappa shape index (κ1) is 11.6. The number of nitrogens with zero attached hydrogens (tertiary/aromatic N) is 2. The zero-order chi connectivity index (χ0) is 10.4. The van der Waals surface area contributed by atoms with Crippen LogP contribution in [0.25, 0.3) is 0 Å². The highest BCUT2D eigenvalue weighted by atomic mass is 32.1. The summed E-state index contributed by atoms with van der Waals surface area (Å²) in [5.41, 5.74) is 1.08. The minimum absolute atomic E-state index is 0.382. The topological polar surface area (TPSA) is 37.8 Å². The minimum atomic E-state index is 0.382. The Morgan fingerprint density at radius 2 is 2.21 bits per heavy atom. The van der Waals surface area contributed by atoms with Gasteiger partial charge in [-0.25, -0.2) is 0 Å². The number of hydrogen-bond acceptors (Lipinski definition) is 4. The number of rotatable bonds is 6. The predicted octanol–water partition coefficient (Wildman–Crippen LogP) is 2.62. The minimum Gasteiger partial charge on any atom is -0.312 e. The van der Waals surface area contributed by atoms with Crippen LogP contribution in [0.5, 0.6) is 0 Å². The van der Waals surface area contributed by atoms with Crippen LogP contribution in [0.1, 0.15) is 44.8 Å². The average Bonchev–Trinajstić information content (AvgIpc) is 2.64. The van der Waals surface area contributed by atoms with E-state index < -0.39 is 0 Å². The maximum Gasteiger partial charge on any atom is 0.0912 e. The largest absolute Gasteiger partial charge is 0.312 e. The van der Waals surface area contributed by atoms with E-state index in [0.717, 1.165) is 18.0 Å². The monoisotopic (exact) mass is 213 g/mol. The molecule has 0 saturated carbocycles. The van der Waals surface area contributed by atoms with Gasteiger partial charge in [-0.2, -0.15) is 8.75 Å². The summed E-state index contributed by atoms with van der Waals surface area (Å²) in [5.74, 6) is 0.793. The van der Waals surface area contributed by atoms with Gasteiger partial charge < -0.3 is 5.32 Å². The molecule has 0 aromatic carbocycles. The number of hydrogen-bond donors (Lipinski definition) is 1. The first-order chi connectivity index (χ1) is 6.74. The van der Waals surface area contributed by atoms with Crippen molar-refractivity contribution in [3.05, 3.63) is 11.9 Å². The van der Waals surface area contributed by atoms with Gasteiger partial charge in [-0.3, -0.25) is 0 Å². The highest BCUT2D eigenvalue weighted by Gasteiger charge is 2.11. The van der Waals surface area contributed by atoms with Gasteiger partial charge in [-0.1, -0.05) is 26.7 Å². The Labute approximate surface area is 90.3 Å². The van der Waals surface area contributed by atoms with E-state index in [2.05, 4.69) is 27.9 Å². The van der Waals surface area contributed by atoms with Crippen LogP contribution in [0, 0.1) is 5.92 Å². The second kappa shape index (κ2) is 6.09. The van der Waals surface area contributed by atoms with Crippen molar-refractivity contribution in [3.8, 4) is 0 Å². The lowest BCUT2D eigenvalue weighted by molar-refractivity contribution is 0.466. The van der Waals surface area contributed by atoms with Gasteiger partial charge in [0.1, 0.15) is 0 Å². The van der Waals surface area contributed by atoms with Crippen LogP contribution >= 0.6 is 11.7 Å². The fraction of sp³-hybridized carbons (Fsp3) is 0.800. The zero-order valence-corrected chi connectivity index (χ0v) is 9.97. The summed E-state index contributed by atoms with van der Waals surface area (Å²) in [6.45, 7) is 4.53. The third-order valence-corrected chi connectivity index (χ3v) is 2.85. The van der Waals surface area contributed by atoms with Crippen molar-refractivity contribution in [2.75, 3.05) is 7.05 Å². The Hall–Kier alpha value is -0.480. The number of aromatic nitrogens is 2. The lowest BCUT2D eigenvalue weighted by Crippen LogP contribution is -2.16. The van der Waals surface area contributed by atoms with E-state index >= 15 is 0 Å². The molecule has 0 amide bonds. The highest BCUT2D eigenvalue weighted by Crippen LogP contribution is 2.18. The van der Waals surface area contributed by atoms with Crippen molar-refractivity contribution < 1.29 is 0 Å². The van der Waals surface area contributed by atoms with Crippen LogP contribution in [0.3, 0.4) is 0 Å². The smallest absolute Gasteiger partial charge is 0.0912 e. The van der Waals surface area contributed by atoms with E-state index in [1.807, 2.05) is 13.2 Å². The Balaban J connectivity index is 2.33. The normalized spacial score (nSPS) is 13.4. The molecule has 4 heteroatoms. The van der Waals surface area contributed by atoms with E-state index in [0.29, 0.717) is 6.04 Å². The summed E-state index contributed by atoms with van der Waals surface area (Å²) in [4.78, 5) is 0. The van der Waals surface area contributed by atoms with E-state index in [1.165, 1.54) is 24.6 Å². The first-order valence-corrected chi connectivity index (χ1v) is 5.91. The molecule has 3 nitrogen and oxygen atoms in total. The molecular weight excluding hydrogens is 194 g/mol. The molecule has 0 aliphatic carbocycles. The molecule has 0 aliphatic rings. The second-order valence-corrected chi connectivity index (χ2v) is 4.56. The van der Waals surface area contributed by atoms with Crippen molar-refractivity contribution in [1.29, 1.82) is 0 Å². The SMILES string of the molecule is CNC(CCCC(C)C)c1cnsn1. The lowest BCUT2D eigenvalue weighted by Gasteiger charge is -2.13. The summed E-state index contributed by atoms with van der Waals surface area (Å²) in [6.07, 6.45) is 5.55. The standard InChI is InChI=1S/C10H19N3S/c1-8(2)5-4-6-9(11-3)10-7-12-14-13-10/h7-9,11H,4-6H2,1-3H3. The third kappa shape index (κ3) is 3.72. The van der Waals surface area contributed by atoms with Crippen LogP contribution in [-0.2, 0) is 0 Å². The Morgan fingerprint density at radius 3 is 2.71 bits per heavy atom. The summed E-state index contributed by atoms with van der Waals surface area (Å²) in [6, 6.07) is 0.382. The fourth-order valence-corrected chi connectivity index (χ4v) is 1.97. The van der Waals surface area contributed by atoms with Crippen LogP contribution in [0.4, 0.5) is 0 Å². The van der Waals surface area contributed by atoms with E-state index in [4.69, 9.17) is 0 Å². The van der Waals surface area contributed by atoms with Crippen molar-refractivity contribution in [2.24, 2.45) is 5.92 Å². The molecule has 80 valence electrons. The van der Waals surface area contributed by atoms with Gasteiger partial charge >= 0.3 is 0 Å². The molecule has 1 N–H and O–H groups in total. The Morgan fingerprint density at radius 1 is 1.43 bits per heavy atom. The molecule has 0 radical (unpaired) electrons. The molecule has 1 aromatic rings. The molecule has 0 saturated heterocycles. The molecule has 1 rings (SSSR count). The zero-order valence-electron chi connectivity index (χ0n) is 9.16. The molecule has 0 aliphatic heterocycles. The van der Waals surface area contributed by atoms with Crippen LogP contribution in [0.2, 0.25) is 0 Å². The molecule has 0 spiro atoms. The highest BCUT2D eigenvalue weighted by molar-refractivity contribution is 6.99.